The van der Waals surface area contributed by atoms with Crippen LogP contribution >= 0.6 is 0 Å². The second-order valence-corrected chi connectivity index (χ2v) is 6.36. The number of Topliss-reactive ketones (excluding diaryl/α,β-unsaturated/α-hetero) is 1. The molecule has 0 radical (unpaired) electrons. The fraction of sp³-hybridized carbons (Fsp3) is 0.286. The van der Waals surface area contributed by atoms with E-state index in [0.717, 1.165) is 44.0 Å². The summed E-state index contributed by atoms with van der Waals surface area (Å²) in [7, 11) is 0. The van der Waals surface area contributed by atoms with Gasteiger partial charge in [-0.1, -0.05) is 12.1 Å². The van der Waals surface area contributed by atoms with E-state index in [1.165, 1.54) is 6.92 Å². The van der Waals surface area contributed by atoms with E-state index in [4.69, 9.17) is 0 Å². The lowest BCUT2D eigenvalue weighted by Crippen LogP contribution is -2.31. The fourth-order valence-corrected chi connectivity index (χ4v) is 3.35. The van der Waals surface area contributed by atoms with Gasteiger partial charge < -0.3 is 9.80 Å². The van der Waals surface area contributed by atoms with Gasteiger partial charge in [0.05, 0.1) is 22.5 Å². The largest absolute Gasteiger partial charge is 0.369 e. The number of anilines is 2. The van der Waals surface area contributed by atoms with E-state index in [1.54, 1.807) is 12.1 Å². The third kappa shape index (κ3) is 3.53. The first kappa shape index (κ1) is 17.5. The Labute approximate surface area is 153 Å². The van der Waals surface area contributed by atoms with Crippen LogP contribution < -0.4 is 9.80 Å². The molecule has 1 aliphatic heterocycles. The number of rotatable bonds is 3. The summed E-state index contributed by atoms with van der Waals surface area (Å²) in [5, 5.41) is 18.8. The van der Waals surface area contributed by atoms with Gasteiger partial charge in [-0.3, -0.25) is 4.79 Å². The van der Waals surface area contributed by atoms with Crippen LogP contribution in [0.25, 0.3) is 0 Å². The maximum atomic E-state index is 11.7. The Balaban J connectivity index is 1.86. The van der Waals surface area contributed by atoms with Crippen LogP contribution in [0.1, 0.15) is 34.8 Å². The second-order valence-electron chi connectivity index (χ2n) is 6.36. The maximum Gasteiger partial charge on any atom is 0.159 e. The Morgan fingerprint density at radius 2 is 1.50 bits per heavy atom. The van der Waals surface area contributed by atoms with E-state index in [2.05, 4.69) is 21.9 Å². The molecule has 0 spiro atoms. The summed E-state index contributed by atoms with van der Waals surface area (Å²) in [4.78, 5) is 16.1. The number of benzene rings is 2. The first-order chi connectivity index (χ1) is 12.6. The molecule has 0 bridgehead atoms. The highest BCUT2D eigenvalue weighted by Crippen LogP contribution is 2.26. The summed E-state index contributed by atoms with van der Waals surface area (Å²) >= 11 is 0. The molecule has 1 saturated heterocycles. The van der Waals surface area contributed by atoms with Crippen molar-refractivity contribution < 1.29 is 4.79 Å². The average molecular weight is 344 g/mol. The number of nitrogens with zero attached hydrogens (tertiary/aromatic N) is 4. The molecule has 5 heteroatoms. The molecule has 2 aromatic rings. The van der Waals surface area contributed by atoms with Gasteiger partial charge >= 0.3 is 0 Å². The number of ketones is 1. The molecule has 1 fully saturated rings. The lowest BCUT2D eigenvalue weighted by molar-refractivity contribution is 0.101. The van der Waals surface area contributed by atoms with Crippen LogP contribution in [-0.2, 0) is 0 Å². The summed E-state index contributed by atoms with van der Waals surface area (Å²) < 4.78 is 0. The van der Waals surface area contributed by atoms with Crippen molar-refractivity contribution in [1.82, 2.24) is 0 Å². The molecular weight excluding hydrogens is 324 g/mol. The Bertz CT molecular complexity index is 907. The van der Waals surface area contributed by atoms with Crippen molar-refractivity contribution in [2.24, 2.45) is 0 Å². The van der Waals surface area contributed by atoms with Crippen LogP contribution in [0.4, 0.5) is 11.4 Å². The highest BCUT2D eigenvalue weighted by molar-refractivity contribution is 5.95. The number of carbonyl (C=O) groups is 1. The van der Waals surface area contributed by atoms with Gasteiger partial charge in [0.15, 0.2) is 5.78 Å². The highest BCUT2D eigenvalue weighted by atomic mass is 16.1. The quantitative estimate of drug-likeness (QED) is 0.799. The van der Waals surface area contributed by atoms with Gasteiger partial charge in [-0.2, -0.15) is 10.5 Å². The van der Waals surface area contributed by atoms with Crippen molar-refractivity contribution in [3.63, 3.8) is 0 Å². The molecule has 1 heterocycles. The van der Waals surface area contributed by atoms with E-state index in [0.29, 0.717) is 16.7 Å². The van der Waals surface area contributed by atoms with Crippen molar-refractivity contribution in [2.45, 2.75) is 13.3 Å². The number of hydrogen-bond acceptors (Lipinski definition) is 5. The zero-order valence-electron chi connectivity index (χ0n) is 14.8. The molecule has 0 aliphatic carbocycles. The Hall–Kier alpha value is -3.31. The first-order valence-corrected chi connectivity index (χ1v) is 8.68. The minimum absolute atomic E-state index is 0.00450. The molecular formula is C21H20N4O. The van der Waals surface area contributed by atoms with Gasteiger partial charge in [0.2, 0.25) is 0 Å². The van der Waals surface area contributed by atoms with Crippen LogP contribution in [0.15, 0.2) is 42.5 Å². The third-order valence-electron chi connectivity index (χ3n) is 4.73. The van der Waals surface area contributed by atoms with Crippen LogP contribution in [0.5, 0.6) is 0 Å². The Kier molecular flexibility index (Phi) is 5.20. The van der Waals surface area contributed by atoms with Gasteiger partial charge in [0.1, 0.15) is 12.1 Å². The molecule has 5 nitrogen and oxygen atoms in total. The summed E-state index contributed by atoms with van der Waals surface area (Å²) in [5.74, 6) is -0.00450. The first-order valence-electron chi connectivity index (χ1n) is 8.68. The number of nitriles is 2. The van der Waals surface area contributed by atoms with E-state index < -0.39 is 0 Å². The smallest absolute Gasteiger partial charge is 0.159 e. The van der Waals surface area contributed by atoms with E-state index in [-0.39, 0.29) is 5.78 Å². The molecule has 3 rings (SSSR count). The Morgan fingerprint density at radius 3 is 2.15 bits per heavy atom. The zero-order chi connectivity index (χ0) is 18.5. The van der Waals surface area contributed by atoms with E-state index >= 15 is 0 Å². The molecule has 0 unspecified atom stereocenters. The average Bonchev–Trinajstić information content (AvgIpc) is 2.93. The molecule has 2 aromatic carbocycles. The standard InChI is InChI=1S/C21H20N4O/c1-16(26)17-7-8-19(15-23)21(13-17)25-10-4-9-24(11-12-25)20-6-3-2-5-18(20)14-22/h2-3,5-8,13H,4,9-12H2,1H3. The summed E-state index contributed by atoms with van der Waals surface area (Å²) in [6, 6.07) is 17.4. The molecule has 0 N–H and O–H groups in total. The number of carbonyl (C=O) groups excluding carboxylic acids is 1. The van der Waals surface area contributed by atoms with Crippen molar-refractivity contribution in [3.05, 3.63) is 59.2 Å². The van der Waals surface area contributed by atoms with Gasteiger partial charge in [-0.25, -0.2) is 0 Å². The monoisotopic (exact) mass is 344 g/mol. The zero-order valence-corrected chi connectivity index (χ0v) is 14.8. The minimum Gasteiger partial charge on any atom is -0.369 e. The molecule has 130 valence electrons. The summed E-state index contributed by atoms with van der Waals surface area (Å²) in [5.41, 5.74) is 3.65. The molecule has 1 aliphatic rings. The lowest BCUT2D eigenvalue weighted by Gasteiger charge is -2.26. The van der Waals surface area contributed by atoms with Gasteiger partial charge in [-0.15, -0.1) is 0 Å². The minimum atomic E-state index is -0.00450. The van der Waals surface area contributed by atoms with Gasteiger partial charge in [0, 0.05) is 31.7 Å². The van der Waals surface area contributed by atoms with Crippen molar-refractivity contribution in [2.75, 3.05) is 36.0 Å². The highest BCUT2D eigenvalue weighted by Gasteiger charge is 2.20. The summed E-state index contributed by atoms with van der Waals surface area (Å²) in [6.07, 6.45) is 0.912. The molecule has 0 saturated carbocycles. The van der Waals surface area contributed by atoms with E-state index in [9.17, 15) is 15.3 Å². The van der Waals surface area contributed by atoms with E-state index in [1.807, 2.05) is 30.3 Å². The van der Waals surface area contributed by atoms with Crippen LogP contribution in [0.2, 0.25) is 0 Å². The van der Waals surface area contributed by atoms with Crippen molar-refractivity contribution in [1.29, 1.82) is 10.5 Å². The van der Waals surface area contributed by atoms with Gasteiger partial charge in [0.25, 0.3) is 0 Å². The normalized spacial score (nSPS) is 14.3. The Morgan fingerprint density at radius 1 is 0.885 bits per heavy atom. The van der Waals surface area contributed by atoms with Crippen LogP contribution in [0.3, 0.4) is 0 Å². The maximum absolute atomic E-state index is 11.7. The third-order valence-corrected chi connectivity index (χ3v) is 4.73. The molecule has 0 atom stereocenters. The van der Waals surface area contributed by atoms with Crippen LogP contribution in [0, 0.1) is 22.7 Å². The number of para-hydroxylation sites is 1. The molecule has 26 heavy (non-hydrogen) atoms. The van der Waals surface area contributed by atoms with Crippen LogP contribution in [-0.4, -0.2) is 32.0 Å². The predicted molar refractivity (Wildman–Crippen MR) is 101 cm³/mol. The second kappa shape index (κ2) is 7.72. The molecule has 0 amide bonds. The topological polar surface area (TPSA) is 71.1 Å². The SMILES string of the molecule is CC(=O)c1ccc(C#N)c(N2CCCN(c3ccccc3C#N)CC2)c1. The summed E-state index contributed by atoms with van der Waals surface area (Å²) in [6.45, 7) is 4.68. The van der Waals surface area contributed by atoms with Gasteiger partial charge in [-0.05, 0) is 43.7 Å². The number of hydrogen-bond donors (Lipinski definition) is 0. The lowest BCUT2D eigenvalue weighted by atomic mass is 10.1. The fourth-order valence-electron chi connectivity index (χ4n) is 3.35. The predicted octanol–water partition coefficient (Wildman–Crippen LogP) is 3.35. The molecule has 0 aromatic heterocycles. The van der Waals surface area contributed by atoms with Crippen molar-refractivity contribution >= 4 is 17.2 Å². The van der Waals surface area contributed by atoms with Crippen molar-refractivity contribution in [3.8, 4) is 12.1 Å².